The molecule has 0 amide bonds. The van der Waals surface area contributed by atoms with E-state index in [2.05, 4.69) is 0 Å². The molecule has 0 bridgehead atoms. The van der Waals surface area contributed by atoms with Crippen LogP contribution in [0, 0.1) is 0 Å². The van der Waals surface area contributed by atoms with E-state index in [1.54, 1.807) is 0 Å². The van der Waals surface area contributed by atoms with Gasteiger partial charge in [0.1, 0.15) is 6.04 Å². The second-order valence-electron chi connectivity index (χ2n) is 6.22. The van der Waals surface area contributed by atoms with E-state index in [9.17, 15) is 9.90 Å². The fourth-order valence-corrected chi connectivity index (χ4v) is 3.71. The number of likely N-dealkylation sites (N-methyl/N-ethyl adjacent to an activating group) is 1. The Morgan fingerprint density at radius 3 is 2.63 bits per heavy atom. The average molecular weight is 269 g/mol. The van der Waals surface area contributed by atoms with Gasteiger partial charge in [-0.2, -0.15) is 0 Å². The van der Waals surface area contributed by atoms with Crippen molar-refractivity contribution in [2.75, 3.05) is 13.6 Å². The van der Waals surface area contributed by atoms with Crippen LogP contribution in [0.4, 0.5) is 0 Å². The summed E-state index contributed by atoms with van der Waals surface area (Å²) < 4.78 is 6.30. The summed E-state index contributed by atoms with van der Waals surface area (Å²) in [6.45, 7) is 2.67. The maximum absolute atomic E-state index is 11.2. The summed E-state index contributed by atoms with van der Waals surface area (Å²) >= 11 is 0. The van der Waals surface area contributed by atoms with Gasteiger partial charge in [-0.05, 0) is 39.2 Å². The van der Waals surface area contributed by atoms with Crippen LogP contribution in [0.25, 0.3) is 0 Å². The van der Waals surface area contributed by atoms with E-state index in [4.69, 9.17) is 4.74 Å². The molecule has 2 aliphatic rings. The van der Waals surface area contributed by atoms with E-state index in [1.807, 2.05) is 18.9 Å². The lowest BCUT2D eigenvalue weighted by atomic mass is 9.83. The highest BCUT2D eigenvalue weighted by atomic mass is 16.5. The quantitative estimate of drug-likeness (QED) is 0.833. The minimum absolute atomic E-state index is 0.134. The molecule has 4 heteroatoms. The van der Waals surface area contributed by atoms with Crippen LogP contribution in [-0.2, 0) is 9.53 Å². The fourth-order valence-electron chi connectivity index (χ4n) is 3.71. The van der Waals surface area contributed by atoms with E-state index < -0.39 is 5.97 Å². The Balaban J connectivity index is 1.85. The first-order valence-corrected chi connectivity index (χ1v) is 7.67. The second kappa shape index (κ2) is 6.23. The van der Waals surface area contributed by atoms with Crippen LogP contribution in [-0.4, -0.2) is 47.3 Å². The first kappa shape index (κ1) is 14.8. The van der Waals surface area contributed by atoms with Crippen LogP contribution in [0.15, 0.2) is 0 Å². The van der Waals surface area contributed by atoms with Gasteiger partial charge in [-0.15, -0.1) is 0 Å². The molecule has 1 spiro atoms. The molecule has 0 aromatic heterocycles. The highest BCUT2D eigenvalue weighted by Crippen LogP contribution is 2.42. The van der Waals surface area contributed by atoms with Crippen LogP contribution in [0.3, 0.4) is 0 Å². The summed E-state index contributed by atoms with van der Waals surface area (Å²) in [5.74, 6) is -0.727. The Bertz CT molecular complexity index is 313. The molecular weight excluding hydrogens is 242 g/mol. The first-order chi connectivity index (χ1) is 9.06. The van der Waals surface area contributed by atoms with Crippen LogP contribution >= 0.6 is 0 Å². The number of hydrogen-bond acceptors (Lipinski definition) is 3. The van der Waals surface area contributed by atoms with Crippen molar-refractivity contribution in [2.45, 2.75) is 76.0 Å². The molecule has 4 nitrogen and oxygen atoms in total. The Morgan fingerprint density at radius 1 is 1.37 bits per heavy atom. The summed E-state index contributed by atoms with van der Waals surface area (Å²) in [4.78, 5) is 13.1. The van der Waals surface area contributed by atoms with Crippen molar-refractivity contribution in [1.82, 2.24) is 4.90 Å². The minimum atomic E-state index is -0.727. The lowest BCUT2D eigenvalue weighted by Gasteiger charge is -2.34. The SMILES string of the molecule is CCC(C(=O)O)N(C)CC1CCC2(CCCCC2)O1. The van der Waals surface area contributed by atoms with Gasteiger partial charge in [0.25, 0.3) is 0 Å². The van der Waals surface area contributed by atoms with Gasteiger partial charge in [0.15, 0.2) is 0 Å². The first-order valence-electron chi connectivity index (χ1n) is 7.67. The number of nitrogens with zero attached hydrogens (tertiary/aromatic N) is 1. The predicted molar refractivity (Wildman–Crippen MR) is 74.3 cm³/mol. The lowest BCUT2D eigenvalue weighted by molar-refractivity contribution is -0.144. The van der Waals surface area contributed by atoms with Gasteiger partial charge in [-0.3, -0.25) is 9.69 Å². The largest absolute Gasteiger partial charge is 0.480 e. The second-order valence-corrected chi connectivity index (χ2v) is 6.22. The van der Waals surface area contributed by atoms with Crippen molar-refractivity contribution in [1.29, 1.82) is 0 Å². The van der Waals surface area contributed by atoms with Crippen LogP contribution in [0.5, 0.6) is 0 Å². The molecule has 1 saturated carbocycles. The maximum atomic E-state index is 11.2. The standard InChI is InChI=1S/C15H27NO3/c1-3-13(14(17)18)16(2)11-12-7-10-15(19-12)8-5-4-6-9-15/h12-13H,3-11H2,1-2H3,(H,17,18). The minimum Gasteiger partial charge on any atom is -0.480 e. The molecule has 2 fully saturated rings. The molecule has 1 aliphatic carbocycles. The molecule has 0 aromatic carbocycles. The number of aliphatic carboxylic acids is 1. The molecule has 2 atom stereocenters. The Labute approximate surface area is 116 Å². The lowest BCUT2D eigenvalue weighted by Crippen LogP contribution is -2.43. The van der Waals surface area contributed by atoms with Gasteiger partial charge in [0.2, 0.25) is 0 Å². The molecule has 0 radical (unpaired) electrons. The molecule has 0 aromatic rings. The van der Waals surface area contributed by atoms with Crippen LogP contribution in [0.2, 0.25) is 0 Å². The third-order valence-electron chi connectivity index (χ3n) is 4.80. The molecule has 19 heavy (non-hydrogen) atoms. The van der Waals surface area contributed by atoms with Crippen molar-refractivity contribution in [2.24, 2.45) is 0 Å². The van der Waals surface area contributed by atoms with Gasteiger partial charge in [0, 0.05) is 6.54 Å². The average Bonchev–Trinajstić information content (AvgIpc) is 2.73. The van der Waals surface area contributed by atoms with Crippen LogP contribution < -0.4 is 0 Å². The molecular formula is C15H27NO3. The van der Waals surface area contributed by atoms with E-state index in [1.165, 1.54) is 32.1 Å². The van der Waals surface area contributed by atoms with Gasteiger partial charge >= 0.3 is 5.97 Å². The molecule has 2 unspecified atom stereocenters. The van der Waals surface area contributed by atoms with Gasteiger partial charge < -0.3 is 9.84 Å². The van der Waals surface area contributed by atoms with Crippen molar-refractivity contribution < 1.29 is 14.6 Å². The maximum Gasteiger partial charge on any atom is 0.320 e. The topological polar surface area (TPSA) is 49.8 Å². The highest BCUT2D eigenvalue weighted by molar-refractivity contribution is 5.73. The number of hydrogen-bond donors (Lipinski definition) is 1. The smallest absolute Gasteiger partial charge is 0.320 e. The van der Waals surface area contributed by atoms with Crippen molar-refractivity contribution in [3.05, 3.63) is 0 Å². The number of rotatable bonds is 5. The predicted octanol–water partition coefficient (Wildman–Crippen LogP) is 2.66. The normalized spacial score (nSPS) is 27.8. The van der Waals surface area contributed by atoms with Crippen LogP contribution in [0.1, 0.15) is 58.3 Å². The zero-order valence-corrected chi connectivity index (χ0v) is 12.2. The van der Waals surface area contributed by atoms with E-state index in [0.717, 1.165) is 19.4 Å². The number of carboxylic acids is 1. The monoisotopic (exact) mass is 269 g/mol. The number of ether oxygens (including phenoxy) is 1. The summed E-state index contributed by atoms with van der Waals surface area (Å²) in [6.07, 6.45) is 9.42. The Morgan fingerprint density at radius 2 is 2.05 bits per heavy atom. The summed E-state index contributed by atoms with van der Waals surface area (Å²) in [5.41, 5.74) is 0.134. The molecule has 1 aliphatic heterocycles. The summed E-state index contributed by atoms with van der Waals surface area (Å²) in [5, 5.41) is 9.18. The summed E-state index contributed by atoms with van der Waals surface area (Å²) in [6, 6.07) is -0.383. The van der Waals surface area contributed by atoms with Crippen molar-refractivity contribution in [3.8, 4) is 0 Å². The zero-order chi connectivity index (χ0) is 13.9. The van der Waals surface area contributed by atoms with Gasteiger partial charge in [-0.1, -0.05) is 26.2 Å². The fraction of sp³-hybridized carbons (Fsp3) is 0.933. The molecule has 1 heterocycles. The number of carboxylic acid groups (broad SMARTS) is 1. The van der Waals surface area contributed by atoms with E-state index in [-0.39, 0.29) is 17.7 Å². The Hall–Kier alpha value is -0.610. The summed E-state index contributed by atoms with van der Waals surface area (Å²) in [7, 11) is 1.90. The molecule has 2 rings (SSSR count). The number of carbonyl (C=O) groups is 1. The molecule has 110 valence electrons. The third-order valence-corrected chi connectivity index (χ3v) is 4.80. The molecule has 1 N–H and O–H groups in total. The highest BCUT2D eigenvalue weighted by Gasteiger charge is 2.41. The van der Waals surface area contributed by atoms with Gasteiger partial charge in [0.05, 0.1) is 11.7 Å². The van der Waals surface area contributed by atoms with Crippen molar-refractivity contribution in [3.63, 3.8) is 0 Å². The Kier molecular flexibility index (Phi) is 4.85. The third kappa shape index (κ3) is 3.48. The molecule has 1 saturated heterocycles. The van der Waals surface area contributed by atoms with E-state index >= 15 is 0 Å². The van der Waals surface area contributed by atoms with Crippen molar-refractivity contribution >= 4 is 5.97 Å². The van der Waals surface area contributed by atoms with E-state index in [0.29, 0.717) is 6.42 Å². The zero-order valence-electron chi connectivity index (χ0n) is 12.2. The van der Waals surface area contributed by atoms with Gasteiger partial charge in [-0.25, -0.2) is 0 Å².